The van der Waals surface area contributed by atoms with Crippen molar-refractivity contribution in [2.75, 3.05) is 5.73 Å². The number of halogens is 1. The zero-order valence-corrected chi connectivity index (χ0v) is 17.7. The van der Waals surface area contributed by atoms with Gasteiger partial charge in [-0.05, 0) is 61.4 Å². The Hall–Kier alpha value is -4.01. The van der Waals surface area contributed by atoms with Gasteiger partial charge in [0.15, 0.2) is 6.29 Å². The normalized spacial score (nSPS) is 13.2. The van der Waals surface area contributed by atoms with E-state index in [1.54, 1.807) is 18.2 Å². The molecule has 8 N–H and O–H groups in total. The molecular formula is C25H24FN4O3+. The van der Waals surface area contributed by atoms with Gasteiger partial charge in [0, 0.05) is 16.7 Å². The molecule has 0 fully saturated rings. The fraction of sp³-hybridized carbons (Fsp3) is 0.120. The predicted octanol–water partition coefficient (Wildman–Crippen LogP) is 2.20. The van der Waals surface area contributed by atoms with Gasteiger partial charge in [-0.25, -0.2) is 9.37 Å². The third kappa shape index (κ3) is 4.77. The number of aromatic nitrogens is 1. The Labute approximate surface area is 190 Å². The lowest BCUT2D eigenvalue weighted by atomic mass is 10.00. The lowest BCUT2D eigenvalue weighted by Crippen LogP contribution is -2.47. The second kappa shape index (κ2) is 9.23. The molecule has 0 bridgehead atoms. The van der Waals surface area contributed by atoms with E-state index in [9.17, 15) is 14.6 Å². The Morgan fingerprint density at radius 1 is 1.06 bits per heavy atom. The van der Waals surface area contributed by atoms with Gasteiger partial charge in [-0.3, -0.25) is 11.1 Å². The first-order valence-electron chi connectivity index (χ1n) is 10.3. The molecule has 33 heavy (non-hydrogen) atoms. The minimum Gasteiger partial charge on any atom is -0.458 e. The van der Waals surface area contributed by atoms with Gasteiger partial charge in [0.2, 0.25) is 0 Å². The summed E-state index contributed by atoms with van der Waals surface area (Å²) in [6.07, 6.45) is 6.05. The summed E-state index contributed by atoms with van der Waals surface area (Å²) in [5, 5.41) is 24.4. The zero-order valence-electron chi connectivity index (χ0n) is 17.7. The molecule has 0 saturated carbocycles. The fourth-order valence-electron chi connectivity index (χ4n) is 3.60. The van der Waals surface area contributed by atoms with Crippen LogP contribution in [0, 0.1) is 5.82 Å². The first-order chi connectivity index (χ1) is 15.8. The summed E-state index contributed by atoms with van der Waals surface area (Å²) in [5.41, 5.74) is 14.5. The number of nitrogens with zero attached hydrogens (tertiary/aromatic N) is 1. The molecule has 0 unspecified atom stereocenters. The number of hydrogen-bond acceptors (Lipinski definition) is 5. The number of anilines is 1. The second-order valence-electron chi connectivity index (χ2n) is 7.60. The standard InChI is InChI=1S/C25H23FN4O3/c26-19-12-15(8-11-18(19)25(31)32)21-13-20(27)22(24(28)29)23(30-21)14-6-9-17(10-7-14)33-16-4-2-1-3-5-16/h2,4-13,25,31-32H,1,3H2,(H2,27,30)(H3,28,29)/p+1. The van der Waals surface area contributed by atoms with Crippen molar-refractivity contribution in [3.63, 3.8) is 0 Å². The van der Waals surface area contributed by atoms with E-state index in [4.69, 9.17) is 21.6 Å². The van der Waals surface area contributed by atoms with Crippen LogP contribution in [0.25, 0.3) is 22.5 Å². The Morgan fingerprint density at radius 3 is 2.39 bits per heavy atom. The smallest absolute Gasteiger partial charge is 0.275 e. The average molecular weight is 447 g/mol. The van der Waals surface area contributed by atoms with Crippen molar-refractivity contribution in [2.45, 2.75) is 19.1 Å². The van der Waals surface area contributed by atoms with Crippen LogP contribution in [0.15, 0.2) is 72.5 Å². The minimum absolute atomic E-state index is 0.00399. The molecule has 0 aliphatic heterocycles. The van der Waals surface area contributed by atoms with Crippen molar-refractivity contribution < 1.29 is 24.7 Å². The number of nitrogen functional groups attached to an aromatic ring is 1. The second-order valence-corrected chi connectivity index (χ2v) is 7.60. The number of ether oxygens (including phenoxy) is 1. The molecule has 0 amide bonds. The maximum Gasteiger partial charge on any atom is 0.275 e. The molecule has 3 aromatic rings. The van der Waals surface area contributed by atoms with Gasteiger partial charge in [-0.2, -0.15) is 0 Å². The van der Waals surface area contributed by atoms with Crippen LogP contribution in [0.4, 0.5) is 10.1 Å². The maximum absolute atomic E-state index is 14.3. The van der Waals surface area contributed by atoms with Crippen LogP contribution in [-0.4, -0.2) is 21.0 Å². The lowest BCUT2D eigenvalue weighted by Gasteiger charge is -2.14. The number of aliphatic hydroxyl groups excluding tert-OH is 1. The van der Waals surface area contributed by atoms with Gasteiger partial charge >= 0.3 is 0 Å². The van der Waals surface area contributed by atoms with Crippen molar-refractivity contribution in [2.24, 2.45) is 5.73 Å². The molecule has 8 heteroatoms. The van der Waals surface area contributed by atoms with Crippen LogP contribution in [-0.2, 0) is 0 Å². The van der Waals surface area contributed by atoms with E-state index in [1.807, 2.05) is 24.3 Å². The highest BCUT2D eigenvalue weighted by Gasteiger charge is 2.20. The molecule has 0 saturated heterocycles. The summed E-state index contributed by atoms with van der Waals surface area (Å²) in [7, 11) is 0. The van der Waals surface area contributed by atoms with E-state index in [0.717, 1.165) is 24.7 Å². The van der Waals surface area contributed by atoms with E-state index < -0.39 is 12.1 Å². The highest BCUT2D eigenvalue weighted by Crippen LogP contribution is 2.32. The van der Waals surface area contributed by atoms with Crippen molar-refractivity contribution in [1.29, 1.82) is 0 Å². The van der Waals surface area contributed by atoms with Crippen LogP contribution in [0.5, 0.6) is 5.75 Å². The highest BCUT2D eigenvalue weighted by molar-refractivity contribution is 6.04. The van der Waals surface area contributed by atoms with Crippen LogP contribution in [0.2, 0.25) is 0 Å². The van der Waals surface area contributed by atoms with Gasteiger partial charge in [0.25, 0.3) is 5.84 Å². The highest BCUT2D eigenvalue weighted by atomic mass is 19.1. The molecule has 1 heterocycles. The quantitative estimate of drug-likeness (QED) is 0.223. The number of hydrogen-bond donors (Lipinski definition) is 5. The SMILES string of the molecule is NC(=[NH2+])c1c(N)cc(-c2ccc(C(O)O)c(F)c2)nc1-c1ccc(OC2=CCCC=C2)cc1. The summed E-state index contributed by atoms with van der Waals surface area (Å²) in [4.78, 5) is 4.64. The first-order valence-corrected chi connectivity index (χ1v) is 10.3. The molecule has 0 radical (unpaired) electrons. The molecule has 1 aliphatic carbocycles. The molecule has 2 aromatic carbocycles. The van der Waals surface area contributed by atoms with Crippen LogP contribution in [0.1, 0.15) is 30.3 Å². The number of amidine groups is 1. The Kier molecular flexibility index (Phi) is 6.21. The first kappa shape index (κ1) is 22.2. The van der Waals surface area contributed by atoms with Gasteiger partial charge in [-0.15, -0.1) is 0 Å². The third-order valence-electron chi connectivity index (χ3n) is 5.24. The summed E-state index contributed by atoms with van der Waals surface area (Å²) >= 11 is 0. The number of rotatable bonds is 6. The van der Waals surface area contributed by atoms with Gasteiger partial charge in [0.1, 0.15) is 22.9 Å². The predicted molar refractivity (Wildman–Crippen MR) is 124 cm³/mol. The largest absolute Gasteiger partial charge is 0.458 e. The Balaban J connectivity index is 1.73. The summed E-state index contributed by atoms with van der Waals surface area (Å²) in [6.45, 7) is 0. The maximum atomic E-state index is 14.3. The number of allylic oxidation sites excluding steroid dienone is 3. The molecule has 1 aliphatic rings. The number of aliphatic hydroxyl groups is 2. The van der Waals surface area contributed by atoms with E-state index >= 15 is 0 Å². The van der Waals surface area contributed by atoms with E-state index in [1.165, 1.54) is 12.1 Å². The molecule has 0 atom stereocenters. The number of benzene rings is 2. The molecule has 1 aromatic heterocycles. The fourth-order valence-corrected chi connectivity index (χ4v) is 3.60. The summed E-state index contributed by atoms with van der Waals surface area (Å²) < 4.78 is 20.2. The Morgan fingerprint density at radius 2 is 1.79 bits per heavy atom. The average Bonchev–Trinajstić information content (AvgIpc) is 2.79. The summed E-state index contributed by atoms with van der Waals surface area (Å²) in [5.74, 6) is 0.680. The summed E-state index contributed by atoms with van der Waals surface area (Å²) in [6, 6.07) is 12.7. The van der Waals surface area contributed by atoms with Crippen molar-refractivity contribution in [1.82, 2.24) is 4.98 Å². The van der Waals surface area contributed by atoms with Crippen molar-refractivity contribution in [3.8, 4) is 28.3 Å². The topological polar surface area (TPSA) is 140 Å². The third-order valence-corrected chi connectivity index (χ3v) is 5.24. The number of nitrogens with two attached hydrogens (primary N) is 3. The van der Waals surface area contributed by atoms with Crippen molar-refractivity contribution in [3.05, 3.63) is 89.5 Å². The van der Waals surface area contributed by atoms with Gasteiger partial charge < -0.3 is 20.7 Å². The minimum atomic E-state index is -1.91. The van der Waals surface area contributed by atoms with Crippen LogP contribution in [0.3, 0.4) is 0 Å². The molecule has 4 rings (SSSR count). The van der Waals surface area contributed by atoms with E-state index in [-0.39, 0.29) is 17.1 Å². The Bertz CT molecular complexity index is 1270. The number of pyridine rings is 1. The van der Waals surface area contributed by atoms with Crippen LogP contribution >= 0.6 is 0 Å². The van der Waals surface area contributed by atoms with Gasteiger partial charge in [-0.1, -0.05) is 18.2 Å². The zero-order chi connectivity index (χ0) is 23.5. The molecule has 7 nitrogen and oxygen atoms in total. The van der Waals surface area contributed by atoms with Crippen LogP contribution < -0.4 is 21.6 Å². The monoisotopic (exact) mass is 447 g/mol. The molecule has 168 valence electrons. The molecule has 0 spiro atoms. The van der Waals surface area contributed by atoms with Crippen molar-refractivity contribution >= 4 is 11.5 Å². The molecular weight excluding hydrogens is 423 g/mol. The van der Waals surface area contributed by atoms with E-state index in [2.05, 4.69) is 11.1 Å². The van der Waals surface area contributed by atoms with Gasteiger partial charge in [0.05, 0.1) is 17.1 Å². The lowest BCUT2D eigenvalue weighted by molar-refractivity contribution is -0.114. The van der Waals surface area contributed by atoms with E-state index in [0.29, 0.717) is 33.8 Å².